The van der Waals surface area contributed by atoms with Crippen LogP contribution in [0.4, 0.5) is 0 Å². The van der Waals surface area contributed by atoms with Gasteiger partial charge in [-0.3, -0.25) is 9.36 Å². The van der Waals surface area contributed by atoms with E-state index in [1.54, 1.807) is 23.3 Å². The SMILES string of the molecule is CSCCCn1c(C)c(CCC(=O)O)c(C)nc1=O. The summed E-state index contributed by atoms with van der Waals surface area (Å²) in [6.07, 6.45) is 3.42. The summed E-state index contributed by atoms with van der Waals surface area (Å²) in [6, 6.07) is 0. The fourth-order valence-corrected chi connectivity index (χ4v) is 2.48. The van der Waals surface area contributed by atoms with Crippen molar-refractivity contribution < 1.29 is 9.90 Å². The molecule has 0 spiro atoms. The molecule has 0 radical (unpaired) electrons. The molecule has 0 aliphatic heterocycles. The fraction of sp³-hybridized carbons (Fsp3) is 0.615. The molecule has 19 heavy (non-hydrogen) atoms. The largest absolute Gasteiger partial charge is 0.481 e. The third-order valence-corrected chi connectivity index (χ3v) is 3.79. The van der Waals surface area contributed by atoms with Gasteiger partial charge in [0.15, 0.2) is 0 Å². The van der Waals surface area contributed by atoms with Gasteiger partial charge < -0.3 is 5.11 Å². The van der Waals surface area contributed by atoms with Crippen molar-refractivity contribution in [3.63, 3.8) is 0 Å². The van der Waals surface area contributed by atoms with E-state index in [1.165, 1.54) is 0 Å². The molecule has 5 nitrogen and oxygen atoms in total. The summed E-state index contributed by atoms with van der Waals surface area (Å²) in [5.41, 5.74) is 2.13. The molecule has 0 aliphatic carbocycles. The zero-order valence-corrected chi connectivity index (χ0v) is 12.4. The Morgan fingerprint density at radius 3 is 2.68 bits per heavy atom. The van der Waals surface area contributed by atoms with Crippen LogP contribution in [-0.4, -0.2) is 32.6 Å². The van der Waals surface area contributed by atoms with E-state index in [2.05, 4.69) is 4.98 Å². The first-order chi connectivity index (χ1) is 8.97. The van der Waals surface area contributed by atoms with Gasteiger partial charge in [0.05, 0.1) is 0 Å². The zero-order valence-electron chi connectivity index (χ0n) is 11.6. The number of aromatic nitrogens is 2. The zero-order chi connectivity index (χ0) is 14.4. The summed E-state index contributed by atoms with van der Waals surface area (Å²) in [4.78, 5) is 26.5. The molecule has 0 bridgehead atoms. The van der Waals surface area contributed by atoms with Gasteiger partial charge >= 0.3 is 11.7 Å². The number of nitrogens with zero attached hydrogens (tertiary/aromatic N) is 2. The van der Waals surface area contributed by atoms with Crippen molar-refractivity contribution in [3.05, 3.63) is 27.4 Å². The Hall–Kier alpha value is -1.30. The van der Waals surface area contributed by atoms with Crippen LogP contribution in [0, 0.1) is 13.8 Å². The molecule has 106 valence electrons. The lowest BCUT2D eigenvalue weighted by Gasteiger charge is -2.14. The number of aliphatic carboxylic acids is 1. The van der Waals surface area contributed by atoms with Gasteiger partial charge in [-0.25, -0.2) is 4.79 Å². The number of carboxylic acid groups (broad SMARTS) is 1. The molecule has 0 saturated carbocycles. The minimum absolute atomic E-state index is 0.0619. The monoisotopic (exact) mass is 284 g/mol. The first-order valence-corrected chi connectivity index (χ1v) is 7.64. The smallest absolute Gasteiger partial charge is 0.347 e. The van der Waals surface area contributed by atoms with E-state index >= 15 is 0 Å². The van der Waals surface area contributed by atoms with Crippen molar-refractivity contribution >= 4 is 17.7 Å². The van der Waals surface area contributed by atoms with Crippen molar-refractivity contribution in [3.8, 4) is 0 Å². The van der Waals surface area contributed by atoms with Crippen molar-refractivity contribution in [1.82, 2.24) is 9.55 Å². The highest BCUT2D eigenvalue weighted by atomic mass is 32.2. The lowest BCUT2D eigenvalue weighted by molar-refractivity contribution is -0.136. The number of rotatable bonds is 7. The molecule has 0 saturated heterocycles. The first kappa shape index (κ1) is 15.8. The van der Waals surface area contributed by atoms with E-state index < -0.39 is 5.97 Å². The number of hydrogen-bond acceptors (Lipinski definition) is 4. The third-order valence-electron chi connectivity index (χ3n) is 3.09. The standard InChI is InChI=1S/C13H20N2O3S/c1-9-11(5-6-12(16)17)10(2)15(13(18)14-9)7-4-8-19-3/h4-8H2,1-3H3,(H,16,17). The molecule has 0 atom stereocenters. The number of carboxylic acids is 1. The minimum Gasteiger partial charge on any atom is -0.481 e. The van der Waals surface area contributed by atoms with Crippen LogP contribution in [0.25, 0.3) is 0 Å². The summed E-state index contributed by atoms with van der Waals surface area (Å²) >= 11 is 1.74. The number of hydrogen-bond donors (Lipinski definition) is 1. The highest BCUT2D eigenvalue weighted by Crippen LogP contribution is 2.12. The molecular weight excluding hydrogens is 264 g/mol. The quantitative estimate of drug-likeness (QED) is 0.770. The minimum atomic E-state index is -0.834. The van der Waals surface area contributed by atoms with E-state index in [-0.39, 0.29) is 12.1 Å². The van der Waals surface area contributed by atoms with Crippen molar-refractivity contribution in [1.29, 1.82) is 0 Å². The Balaban J connectivity index is 3.00. The molecule has 0 aliphatic rings. The summed E-state index contributed by atoms with van der Waals surface area (Å²) in [6.45, 7) is 4.27. The van der Waals surface area contributed by atoms with E-state index in [1.807, 2.05) is 13.2 Å². The topological polar surface area (TPSA) is 72.2 Å². The molecular formula is C13H20N2O3S. The predicted molar refractivity (Wildman–Crippen MR) is 76.9 cm³/mol. The molecule has 1 heterocycles. The van der Waals surface area contributed by atoms with Gasteiger partial charge in [0.25, 0.3) is 0 Å². The maximum atomic E-state index is 11.9. The van der Waals surface area contributed by atoms with E-state index in [0.717, 1.165) is 23.4 Å². The number of thioether (sulfide) groups is 1. The summed E-state index contributed by atoms with van der Waals surface area (Å²) in [5.74, 6) is 0.156. The predicted octanol–water partition coefficient (Wildman–Crippen LogP) is 1.63. The van der Waals surface area contributed by atoms with Gasteiger partial charge in [0.1, 0.15) is 0 Å². The Kier molecular flexibility index (Phi) is 6.08. The first-order valence-electron chi connectivity index (χ1n) is 6.25. The molecule has 0 amide bonds. The molecule has 0 fully saturated rings. The van der Waals surface area contributed by atoms with Gasteiger partial charge in [-0.1, -0.05) is 0 Å². The van der Waals surface area contributed by atoms with Crippen molar-refractivity contribution in [2.24, 2.45) is 0 Å². The van der Waals surface area contributed by atoms with Gasteiger partial charge in [-0.2, -0.15) is 16.7 Å². The van der Waals surface area contributed by atoms with Gasteiger partial charge in [-0.05, 0) is 44.3 Å². The Morgan fingerprint density at radius 2 is 2.11 bits per heavy atom. The van der Waals surface area contributed by atoms with Crippen LogP contribution in [0.1, 0.15) is 29.8 Å². The van der Waals surface area contributed by atoms with Crippen molar-refractivity contribution in [2.75, 3.05) is 12.0 Å². The maximum Gasteiger partial charge on any atom is 0.347 e. The second-order valence-corrected chi connectivity index (χ2v) is 5.42. The molecule has 1 aromatic heterocycles. The normalized spacial score (nSPS) is 10.7. The van der Waals surface area contributed by atoms with Gasteiger partial charge in [0.2, 0.25) is 0 Å². The molecule has 0 aromatic carbocycles. The van der Waals surface area contributed by atoms with E-state index in [9.17, 15) is 9.59 Å². The maximum absolute atomic E-state index is 11.9. The van der Waals surface area contributed by atoms with Crippen LogP contribution in [0.3, 0.4) is 0 Å². The summed E-state index contributed by atoms with van der Waals surface area (Å²) in [5, 5.41) is 8.76. The second-order valence-electron chi connectivity index (χ2n) is 4.44. The Labute approximate surface area is 117 Å². The second kappa shape index (κ2) is 7.33. The summed E-state index contributed by atoms with van der Waals surface area (Å²) in [7, 11) is 0. The van der Waals surface area contributed by atoms with Crippen LogP contribution >= 0.6 is 11.8 Å². The lowest BCUT2D eigenvalue weighted by atomic mass is 10.1. The molecule has 1 N–H and O–H groups in total. The van der Waals surface area contributed by atoms with Crippen LogP contribution in [0.5, 0.6) is 0 Å². The third kappa shape index (κ3) is 4.38. The van der Waals surface area contributed by atoms with Crippen LogP contribution in [0.15, 0.2) is 4.79 Å². The van der Waals surface area contributed by atoms with Crippen LogP contribution < -0.4 is 5.69 Å². The Bertz CT molecular complexity index is 511. The van der Waals surface area contributed by atoms with Crippen LogP contribution in [-0.2, 0) is 17.8 Å². The average Bonchev–Trinajstić information content (AvgIpc) is 2.32. The molecule has 6 heteroatoms. The van der Waals surface area contributed by atoms with E-state index in [4.69, 9.17) is 5.11 Å². The Morgan fingerprint density at radius 1 is 1.42 bits per heavy atom. The fourth-order valence-electron chi connectivity index (χ4n) is 2.06. The number of aryl methyl sites for hydroxylation is 1. The van der Waals surface area contributed by atoms with E-state index in [0.29, 0.717) is 18.7 Å². The molecule has 1 aromatic rings. The summed E-state index contributed by atoms with van der Waals surface area (Å²) < 4.78 is 1.65. The van der Waals surface area contributed by atoms with Crippen LogP contribution in [0.2, 0.25) is 0 Å². The highest BCUT2D eigenvalue weighted by molar-refractivity contribution is 7.98. The van der Waals surface area contributed by atoms with Gasteiger partial charge in [-0.15, -0.1) is 0 Å². The van der Waals surface area contributed by atoms with Gasteiger partial charge in [0, 0.05) is 24.4 Å². The highest BCUT2D eigenvalue weighted by Gasteiger charge is 2.12. The number of carbonyl (C=O) groups is 1. The lowest BCUT2D eigenvalue weighted by Crippen LogP contribution is -2.28. The average molecular weight is 284 g/mol. The van der Waals surface area contributed by atoms with Crippen molar-refractivity contribution in [2.45, 2.75) is 39.7 Å². The molecule has 1 rings (SSSR count). The molecule has 0 unspecified atom stereocenters.